The number of aliphatic imine (C=N–C) groups is 1. The normalized spacial score (nSPS) is 10.9. The zero-order chi connectivity index (χ0) is 22.3. The second kappa shape index (κ2) is 16.6. The van der Waals surface area contributed by atoms with Gasteiger partial charge in [-0.3, -0.25) is 0 Å². The first-order chi connectivity index (χ1) is 15.2. The number of anilines is 1. The van der Waals surface area contributed by atoms with Gasteiger partial charge in [-0.2, -0.15) is 0 Å². The average molecular weight is 556 g/mol. The molecule has 0 fully saturated rings. The Bertz CT molecular complexity index is 800. The maximum absolute atomic E-state index is 5.89. The van der Waals surface area contributed by atoms with Crippen LogP contribution in [0.25, 0.3) is 0 Å². The maximum Gasteiger partial charge on any atom is 0.191 e. The molecule has 0 atom stereocenters. The van der Waals surface area contributed by atoms with E-state index in [4.69, 9.17) is 19.2 Å². The lowest BCUT2D eigenvalue weighted by Gasteiger charge is -2.15. The lowest BCUT2D eigenvalue weighted by atomic mass is 10.1. The van der Waals surface area contributed by atoms with Crippen molar-refractivity contribution in [3.05, 3.63) is 59.2 Å². The summed E-state index contributed by atoms with van der Waals surface area (Å²) in [5.74, 6) is 1.64. The van der Waals surface area contributed by atoms with E-state index in [2.05, 4.69) is 72.3 Å². The van der Waals surface area contributed by atoms with Crippen molar-refractivity contribution in [3.63, 3.8) is 0 Å². The van der Waals surface area contributed by atoms with E-state index in [9.17, 15) is 0 Å². The summed E-state index contributed by atoms with van der Waals surface area (Å²) >= 11 is 0. The summed E-state index contributed by atoms with van der Waals surface area (Å²) in [7, 11) is 3.37. The van der Waals surface area contributed by atoms with E-state index in [1.165, 1.54) is 0 Å². The van der Waals surface area contributed by atoms with Crippen LogP contribution in [0.2, 0.25) is 0 Å². The third-order valence-electron chi connectivity index (χ3n) is 4.57. The molecule has 0 amide bonds. The molecule has 32 heavy (non-hydrogen) atoms. The van der Waals surface area contributed by atoms with Gasteiger partial charge in [-0.05, 0) is 43.2 Å². The predicted molar refractivity (Wildman–Crippen MR) is 142 cm³/mol. The van der Waals surface area contributed by atoms with Crippen molar-refractivity contribution in [2.24, 2.45) is 4.99 Å². The van der Waals surface area contributed by atoms with Gasteiger partial charge in [0.15, 0.2) is 5.96 Å². The van der Waals surface area contributed by atoms with Gasteiger partial charge in [0.2, 0.25) is 0 Å². The highest BCUT2D eigenvalue weighted by atomic mass is 127. The number of rotatable bonds is 13. The van der Waals surface area contributed by atoms with Crippen LogP contribution in [0.5, 0.6) is 5.75 Å². The molecule has 2 aromatic rings. The smallest absolute Gasteiger partial charge is 0.191 e. The maximum atomic E-state index is 5.89. The van der Waals surface area contributed by atoms with Crippen molar-refractivity contribution in [2.45, 2.75) is 26.9 Å². The molecule has 3 N–H and O–H groups in total. The number of guanidine groups is 1. The number of methoxy groups -OCH3 is 2. The SMILES string of the molecule is CCNC(=NCc1ccc(NCCOC)cc1)NCc1ccc(C)cc1OCCOC.I. The van der Waals surface area contributed by atoms with Gasteiger partial charge in [0.05, 0.1) is 19.8 Å². The molecular weight excluding hydrogens is 519 g/mol. The molecule has 0 heterocycles. The minimum Gasteiger partial charge on any atom is -0.491 e. The molecule has 0 aliphatic heterocycles. The molecular formula is C24H37IN4O3. The van der Waals surface area contributed by atoms with Crippen molar-refractivity contribution < 1.29 is 14.2 Å². The van der Waals surface area contributed by atoms with Crippen LogP contribution in [-0.4, -0.2) is 53.1 Å². The van der Waals surface area contributed by atoms with E-state index in [1.807, 2.05) is 0 Å². The highest BCUT2D eigenvalue weighted by Gasteiger charge is 2.06. The first kappa shape index (κ1) is 28.0. The zero-order valence-electron chi connectivity index (χ0n) is 19.6. The molecule has 0 saturated carbocycles. The van der Waals surface area contributed by atoms with Gasteiger partial charge in [0.1, 0.15) is 12.4 Å². The molecule has 0 radical (unpaired) electrons. The third kappa shape index (κ3) is 10.5. The summed E-state index contributed by atoms with van der Waals surface area (Å²) in [4.78, 5) is 4.72. The number of halogens is 1. The van der Waals surface area contributed by atoms with Crippen LogP contribution < -0.4 is 20.7 Å². The van der Waals surface area contributed by atoms with Crippen LogP contribution in [0.1, 0.15) is 23.6 Å². The van der Waals surface area contributed by atoms with Crippen LogP contribution in [0.15, 0.2) is 47.5 Å². The fraction of sp³-hybridized carbons (Fsp3) is 0.458. The molecule has 8 heteroatoms. The number of benzene rings is 2. The summed E-state index contributed by atoms with van der Waals surface area (Å²) in [6.45, 7) is 8.69. The Balaban J connectivity index is 0.00000512. The summed E-state index contributed by atoms with van der Waals surface area (Å²) in [6, 6.07) is 14.5. The highest BCUT2D eigenvalue weighted by molar-refractivity contribution is 14.0. The molecule has 7 nitrogen and oxygen atoms in total. The topological polar surface area (TPSA) is 76.1 Å². The Labute approximate surface area is 209 Å². The standard InChI is InChI=1S/C24H36N4O3.HI/c1-5-25-24(27-17-20-7-10-22(11-8-20)26-12-13-29-3)28-18-21-9-6-19(2)16-23(21)31-15-14-30-4;/h6-11,16,26H,5,12-15,17-18H2,1-4H3,(H2,25,27,28);1H. The lowest BCUT2D eigenvalue weighted by Crippen LogP contribution is -2.36. The molecule has 0 unspecified atom stereocenters. The van der Waals surface area contributed by atoms with Crippen LogP contribution in [0, 0.1) is 6.92 Å². The monoisotopic (exact) mass is 556 g/mol. The molecule has 0 spiro atoms. The highest BCUT2D eigenvalue weighted by Crippen LogP contribution is 2.20. The molecule has 2 aromatic carbocycles. The van der Waals surface area contributed by atoms with Gasteiger partial charge in [0.25, 0.3) is 0 Å². The van der Waals surface area contributed by atoms with Crippen molar-refractivity contribution in [1.29, 1.82) is 0 Å². The molecule has 178 valence electrons. The van der Waals surface area contributed by atoms with Gasteiger partial charge in [-0.15, -0.1) is 24.0 Å². The van der Waals surface area contributed by atoms with E-state index in [0.717, 1.165) is 47.2 Å². The number of hydrogen-bond donors (Lipinski definition) is 3. The van der Waals surface area contributed by atoms with Crippen molar-refractivity contribution in [3.8, 4) is 5.75 Å². The number of hydrogen-bond acceptors (Lipinski definition) is 5. The molecule has 0 aliphatic carbocycles. The third-order valence-corrected chi connectivity index (χ3v) is 4.57. The molecule has 0 aromatic heterocycles. The summed E-state index contributed by atoms with van der Waals surface area (Å²) in [6.07, 6.45) is 0. The van der Waals surface area contributed by atoms with Gasteiger partial charge in [-0.1, -0.05) is 24.3 Å². The Morgan fingerprint density at radius 3 is 2.38 bits per heavy atom. The van der Waals surface area contributed by atoms with E-state index < -0.39 is 0 Å². The Kier molecular flexibility index (Phi) is 14.5. The summed E-state index contributed by atoms with van der Waals surface area (Å²) in [5, 5.41) is 10.0. The summed E-state index contributed by atoms with van der Waals surface area (Å²) < 4.78 is 16.0. The Hall–Kier alpha value is -2.04. The van der Waals surface area contributed by atoms with Crippen LogP contribution >= 0.6 is 24.0 Å². The van der Waals surface area contributed by atoms with Crippen LogP contribution in [0.3, 0.4) is 0 Å². The minimum absolute atomic E-state index is 0. The summed E-state index contributed by atoms with van der Waals surface area (Å²) in [5.41, 5.74) is 4.47. The van der Waals surface area contributed by atoms with Gasteiger partial charge < -0.3 is 30.2 Å². The van der Waals surface area contributed by atoms with E-state index in [1.54, 1.807) is 14.2 Å². The van der Waals surface area contributed by atoms with Crippen molar-refractivity contribution in [1.82, 2.24) is 10.6 Å². The number of nitrogens with zero attached hydrogens (tertiary/aromatic N) is 1. The van der Waals surface area contributed by atoms with Gasteiger partial charge in [-0.25, -0.2) is 4.99 Å². The first-order valence-corrected chi connectivity index (χ1v) is 10.7. The minimum atomic E-state index is 0. The Morgan fingerprint density at radius 1 is 0.938 bits per heavy atom. The van der Waals surface area contributed by atoms with Crippen molar-refractivity contribution >= 4 is 35.6 Å². The average Bonchev–Trinajstić information content (AvgIpc) is 2.78. The number of nitrogens with one attached hydrogen (secondary N) is 3. The zero-order valence-corrected chi connectivity index (χ0v) is 21.9. The number of ether oxygens (including phenoxy) is 3. The van der Waals surface area contributed by atoms with Gasteiger partial charge in [0, 0.05) is 45.1 Å². The van der Waals surface area contributed by atoms with Gasteiger partial charge >= 0.3 is 0 Å². The van der Waals surface area contributed by atoms with Crippen molar-refractivity contribution in [2.75, 3.05) is 52.4 Å². The fourth-order valence-electron chi connectivity index (χ4n) is 2.89. The first-order valence-electron chi connectivity index (χ1n) is 10.7. The van der Waals surface area contributed by atoms with E-state index >= 15 is 0 Å². The largest absolute Gasteiger partial charge is 0.491 e. The van der Waals surface area contributed by atoms with E-state index in [0.29, 0.717) is 32.9 Å². The lowest BCUT2D eigenvalue weighted by molar-refractivity contribution is 0.145. The number of aryl methyl sites for hydroxylation is 1. The Morgan fingerprint density at radius 2 is 1.69 bits per heavy atom. The van der Waals surface area contributed by atoms with E-state index in [-0.39, 0.29) is 24.0 Å². The fourth-order valence-corrected chi connectivity index (χ4v) is 2.89. The molecule has 0 aliphatic rings. The second-order valence-corrected chi connectivity index (χ2v) is 7.12. The second-order valence-electron chi connectivity index (χ2n) is 7.12. The van der Waals surface area contributed by atoms with Crippen LogP contribution in [0.4, 0.5) is 5.69 Å². The predicted octanol–water partition coefficient (Wildman–Crippen LogP) is 3.95. The molecule has 2 rings (SSSR count). The quantitative estimate of drug-likeness (QED) is 0.150. The van der Waals surface area contributed by atoms with Crippen LogP contribution in [-0.2, 0) is 22.6 Å². The molecule has 0 saturated heterocycles. The molecule has 0 bridgehead atoms.